The van der Waals surface area contributed by atoms with Gasteiger partial charge in [-0.2, -0.15) is 0 Å². The highest BCUT2D eigenvalue weighted by atomic mass is 35.5. The van der Waals surface area contributed by atoms with E-state index in [1.54, 1.807) is 37.1 Å². The maximum absolute atomic E-state index is 12.6. The molecule has 3 aromatic carbocycles. The first-order chi connectivity index (χ1) is 12.2. The van der Waals surface area contributed by atoms with Crippen LogP contribution in [0.15, 0.2) is 77.7 Å². The topological polar surface area (TPSA) is 26.3 Å². The smallest absolute Gasteiger partial charge is 0.193 e. The molecule has 2 nitrogen and oxygen atoms in total. The lowest BCUT2D eigenvalue weighted by Gasteiger charge is -2.07. The molecule has 126 valence electrons. The second-order valence-electron chi connectivity index (χ2n) is 5.48. The molecule has 0 aromatic heterocycles. The lowest BCUT2D eigenvalue weighted by Crippen LogP contribution is -2.01. The maximum Gasteiger partial charge on any atom is 0.193 e. The van der Waals surface area contributed by atoms with Gasteiger partial charge in [-0.15, -0.1) is 11.8 Å². The van der Waals surface area contributed by atoms with Crippen molar-refractivity contribution in [3.05, 3.63) is 94.5 Å². The van der Waals surface area contributed by atoms with Crippen LogP contribution in [0.5, 0.6) is 5.75 Å². The quantitative estimate of drug-likeness (QED) is 0.402. The highest BCUT2D eigenvalue weighted by molar-refractivity contribution is 7.98. The second-order valence-corrected chi connectivity index (χ2v) is 6.93. The standard InChI is InChI=1S/C21H17ClO2S/c1-24-20-12-9-17(13-19(20)22)21(23)16-7-10-18(11-8-16)25-14-15-5-3-2-4-6-15/h2-13H,14H2,1H3. The molecule has 0 bridgehead atoms. The highest BCUT2D eigenvalue weighted by Crippen LogP contribution is 2.27. The normalized spacial score (nSPS) is 10.5. The van der Waals surface area contributed by atoms with Crippen molar-refractivity contribution in [3.8, 4) is 5.75 Å². The van der Waals surface area contributed by atoms with E-state index in [9.17, 15) is 4.79 Å². The maximum atomic E-state index is 12.6. The number of carbonyl (C=O) groups is 1. The molecule has 0 heterocycles. The summed E-state index contributed by atoms with van der Waals surface area (Å²) in [5.41, 5.74) is 2.47. The molecular formula is C21H17ClO2S. The van der Waals surface area contributed by atoms with Crippen molar-refractivity contribution in [1.29, 1.82) is 0 Å². The molecule has 25 heavy (non-hydrogen) atoms. The largest absolute Gasteiger partial charge is 0.495 e. The van der Waals surface area contributed by atoms with Crippen molar-refractivity contribution >= 4 is 29.1 Å². The van der Waals surface area contributed by atoms with Gasteiger partial charge in [0.2, 0.25) is 0 Å². The van der Waals surface area contributed by atoms with Gasteiger partial charge in [-0.05, 0) is 48.0 Å². The average Bonchev–Trinajstić information content (AvgIpc) is 2.67. The lowest BCUT2D eigenvalue weighted by molar-refractivity contribution is 0.103. The molecule has 0 unspecified atom stereocenters. The second kappa shape index (κ2) is 8.24. The summed E-state index contributed by atoms with van der Waals surface area (Å²) in [5, 5.41) is 0.434. The minimum Gasteiger partial charge on any atom is -0.495 e. The van der Waals surface area contributed by atoms with Gasteiger partial charge in [0.05, 0.1) is 12.1 Å². The molecule has 0 spiro atoms. The first kappa shape index (κ1) is 17.6. The van der Waals surface area contributed by atoms with E-state index in [1.165, 1.54) is 5.56 Å². The zero-order chi connectivity index (χ0) is 17.6. The fraction of sp³-hybridized carbons (Fsp3) is 0.0952. The predicted octanol–water partition coefficient (Wildman–Crippen LogP) is 5.87. The van der Waals surface area contributed by atoms with Crippen molar-refractivity contribution in [3.63, 3.8) is 0 Å². The minimum atomic E-state index is -0.0517. The van der Waals surface area contributed by atoms with Crippen LogP contribution in [0.3, 0.4) is 0 Å². The Morgan fingerprint density at radius 2 is 1.64 bits per heavy atom. The number of hydrogen-bond donors (Lipinski definition) is 0. The van der Waals surface area contributed by atoms with Crippen molar-refractivity contribution in [2.24, 2.45) is 0 Å². The number of methoxy groups -OCH3 is 1. The third-order valence-electron chi connectivity index (χ3n) is 3.78. The molecule has 0 aliphatic carbocycles. The van der Waals surface area contributed by atoms with Gasteiger partial charge >= 0.3 is 0 Å². The van der Waals surface area contributed by atoms with Crippen LogP contribution < -0.4 is 4.74 Å². The van der Waals surface area contributed by atoms with Gasteiger partial charge in [-0.25, -0.2) is 0 Å². The summed E-state index contributed by atoms with van der Waals surface area (Å²) >= 11 is 7.85. The number of halogens is 1. The van der Waals surface area contributed by atoms with Gasteiger partial charge in [0, 0.05) is 21.8 Å². The van der Waals surface area contributed by atoms with Crippen molar-refractivity contribution in [1.82, 2.24) is 0 Å². The molecule has 0 saturated carbocycles. The molecule has 0 atom stereocenters. The minimum absolute atomic E-state index is 0.0517. The van der Waals surface area contributed by atoms with E-state index in [-0.39, 0.29) is 5.78 Å². The number of ketones is 1. The Morgan fingerprint density at radius 1 is 0.960 bits per heavy atom. The summed E-state index contributed by atoms with van der Waals surface area (Å²) in [6, 6.07) is 23.1. The van der Waals surface area contributed by atoms with Gasteiger partial charge in [0.1, 0.15) is 5.75 Å². The summed E-state index contributed by atoms with van der Waals surface area (Å²) < 4.78 is 5.12. The Bertz CT molecular complexity index is 861. The summed E-state index contributed by atoms with van der Waals surface area (Å²) in [7, 11) is 1.55. The Hall–Kier alpha value is -2.23. The summed E-state index contributed by atoms with van der Waals surface area (Å²) in [4.78, 5) is 13.7. The van der Waals surface area contributed by atoms with Crippen LogP contribution in [0.25, 0.3) is 0 Å². The van der Waals surface area contributed by atoms with Crippen LogP contribution in [-0.2, 0) is 5.75 Å². The average molecular weight is 369 g/mol. The highest BCUT2D eigenvalue weighted by Gasteiger charge is 2.11. The first-order valence-electron chi connectivity index (χ1n) is 7.82. The van der Waals surface area contributed by atoms with E-state index in [0.29, 0.717) is 21.9 Å². The van der Waals surface area contributed by atoms with E-state index >= 15 is 0 Å². The number of hydrogen-bond acceptors (Lipinski definition) is 3. The van der Waals surface area contributed by atoms with Crippen LogP contribution in [0.4, 0.5) is 0 Å². The zero-order valence-corrected chi connectivity index (χ0v) is 15.3. The van der Waals surface area contributed by atoms with Crippen LogP contribution in [-0.4, -0.2) is 12.9 Å². The van der Waals surface area contributed by atoms with Crippen LogP contribution in [0, 0.1) is 0 Å². The van der Waals surface area contributed by atoms with Gasteiger partial charge in [0.15, 0.2) is 5.78 Å². The summed E-state index contributed by atoms with van der Waals surface area (Å²) in [6.45, 7) is 0. The SMILES string of the molecule is COc1ccc(C(=O)c2ccc(SCc3ccccc3)cc2)cc1Cl. The molecular weight excluding hydrogens is 352 g/mol. The van der Waals surface area contributed by atoms with Crippen molar-refractivity contribution in [2.45, 2.75) is 10.6 Å². The van der Waals surface area contributed by atoms with E-state index in [1.807, 2.05) is 42.5 Å². The lowest BCUT2D eigenvalue weighted by atomic mass is 10.0. The zero-order valence-electron chi connectivity index (χ0n) is 13.7. The molecule has 3 aromatic rings. The van der Waals surface area contributed by atoms with Crippen LogP contribution >= 0.6 is 23.4 Å². The molecule has 0 radical (unpaired) electrons. The predicted molar refractivity (Wildman–Crippen MR) is 104 cm³/mol. The van der Waals surface area contributed by atoms with E-state index in [4.69, 9.17) is 16.3 Å². The Morgan fingerprint density at radius 3 is 2.28 bits per heavy atom. The fourth-order valence-corrected chi connectivity index (χ4v) is 3.53. The van der Waals surface area contributed by atoms with Crippen molar-refractivity contribution in [2.75, 3.05) is 7.11 Å². The van der Waals surface area contributed by atoms with E-state index in [2.05, 4.69) is 12.1 Å². The number of ether oxygens (including phenoxy) is 1. The first-order valence-corrected chi connectivity index (χ1v) is 9.19. The van der Waals surface area contributed by atoms with Gasteiger partial charge < -0.3 is 4.74 Å². The molecule has 0 amide bonds. The van der Waals surface area contributed by atoms with Gasteiger partial charge in [-0.1, -0.05) is 41.9 Å². The number of benzene rings is 3. The molecule has 0 fully saturated rings. The van der Waals surface area contributed by atoms with Crippen LogP contribution in [0.1, 0.15) is 21.5 Å². The fourth-order valence-electron chi connectivity index (χ4n) is 2.42. The molecule has 0 saturated heterocycles. The number of rotatable bonds is 6. The Labute approximate surface area is 156 Å². The third-order valence-corrected chi connectivity index (χ3v) is 5.16. The molecule has 0 aliphatic rings. The number of carbonyl (C=O) groups excluding carboxylic acids is 1. The summed E-state index contributed by atoms with van der Waals surface area (Å²) in [5.74, 6) is 1.41. The van der Waals surface area contributed by atoms with E-state index in [0.717, 1.165) is 10.6 Å². The molecule has 4 heteroatoms. The van der Waals surface area contributed by atoms with E-state index < -0.39 is 0 Å². The Balaban J connectivity index is 1.69. The Kier molecular flexibility index (Phi) is 5.79. The third kappa shape index (κ3) is 4.44. The molecule has 0 aliphatic heterocycles. The summed E-state index contributed by atoms with van der Waals surface area (Å²) in [6.07, 6.45) is 0. The monoisotopic (exact) mass is 368 g/mol. The van der Waals surface area contributed by atoms with Crippen LogP contribution in [0.2, 0.25) is 5.02 Å². The molecule has 3 rings (SSSR count). The van der Waals surface area contributed by atoms with Gasteiger partial charge in [-0.3, -0.25) is 4.79 Å². The van der Waals surface area contributed by atoms with Crippen molar-refractivity contribution < 1.29 is 9.53 Å². The molecule has 0 N–H and O–H groups in total. The van der Waals surface area contributed by atoms with Gasteiger partial charge in [0.25, 0.3) is 0 Å². The number of thioether (sulfide) groups is 1.